The van der Waals surface area contributed by atoms with E-state index in [1.54, 1.807) is 13.3 Å². The number of anilines is 1. The fourth-order valence-electron chi connectivity index (χ4n) is 3.30. The Kier molecular flexibility index (Phi) is 6.31. The summed E-state index contributed by atoms with van der Waals surface area (Å²) >= 11 is 1.53. The molecule has 0 radical (unpaired) electrons. The number of ether oxygens (including phenoxy) is 2. The minimum absolute atomic E-state index is 0.578. The molecule has 0 amide bonds. The highest BCUT2D eigenvalue weighted by Gasteiger charge is 2.11. The number of nitrogens with one attached hydrogen (secondary N) is 1. The average Bonchev–Trinajstić information content (AvgIpc) is 3.10. The molecule has 146 valence electrons. The number of methoxy groups -OCH3 is 1. The zero-order valence-corrected chi connectivity index (χ0v) is 17.7. The van der Waals surface area contributed by atoms with E-state index in [-0.39, 0.29) is 0 Å². The molecule has 0 aliphatic heterocycles. The molecule has 5 nitrogen and oxygen atoms in total. The van der Waals surface area contributed by atoms with E-state index >= 15 is 0 Å². The van der Waals surface area contributed by atoms with E-state index < -0.39 is 0 Å². The first kappa shape index (κ1) is 19.9. The number of rotatable bonds is 7. The Morgan fingerprint density at radius 1 is 1.18 bits per heavy atom. The number of nitrogens with zero attached hydrogens (tertiary/aromatic N) is 2. The first-order chi connectivity index (χ1) is 13.5. The lowest BCUT2D eigenvalue weighted by Gasteiger charge is -2.11. The molecule has 0 saturated carbocycles. The molecule has 0 unspecified atom stereocenters. The van der Waals surface area contributed by atoms with Crippen LogP contribution in [-0.2, 0) is 0 Å². The zero-order chi connectivity index (χ0) is 20.1. The highest BCUT2D eigenvalue weighted by atomic mass is 32.1. The van der Waals surface area contributed by atoms with Crippen molar-refractivity contribution in [2.75, 3.05) is 19.1 Å². The second-order valence-electron chi connectivity index (χ2n) is 6.49. The van der Waals surface area contributed by atoms with Gasteiger partial charge in [0.15, 0.2) is 11.5 Å². The van der Waals surface area contributed by atoms with Crippen LogP contribution in [0.3, 0.4) is 0 Å². The number of para-hydroxylation sites is 1. The highest BCUT2D eigenvalue weighted by molar-refractivity contribution is 7.14. The van der Waals surface area contributed by atoms with Crippen LogP contribution >= 0.6 is 11.3 Å². The minimum Gasteiger partial charge on any atom is -0.492 e. The maximum Gasteiger partial charge on any atom is 0.203 e. The summed E-state index contributed by atoms with van der Waals surface area (Å²) in [5.41, 5.74) is 9.73. The van der Waals surface area contributed by atoms with Gasteiger partial charge in [-0.05, 0) is 51.0 Å². The predicted octanol–water partition coefficient (Wildman–Crippen LogP) is 5.59. The van der Waals surface area contributed by atoms with Crippen LogP contribution in [0.25, 0.3) is 11.3 Å². The van der Waals surface area contributed by atoms with Crippen molar-refractivity contribution < 1.29 is 9.47 Å². The third-order valence-electron chi connectivity index (χ3n) is 4.31. The first-order valence-corrected chi connectivity index (χ1v) is 10.0. The van der Waals surface area contributed by atoms with Gasteiger partial charge in [-0.2, -0.15) is 5.10 Å². The van der Waals surface area contributed by atoms with Crippen molar-refractivity contribution in [1.82, 2.24) is 4.98 Å². The standard InChI is InChI=1S/C22H25N3O2S/c1-6-27-19-9-7-8-17(21(19)26-5)12-23-25-22-24-18(13-28-22)20-15(3)10-14(2)11-16(20)4/h7-13H,6H2,1-5H3,(H,24,25)/b23-12-. The molecular weight excluding hydrogens is 370 g/mol. The van der Waals surface area contributed by atoms with Gasteiger partial charge >= 0.3 is 0 Å². The van der Waals surface area contributed by atoms with Gasteiger partial charge in [0.25, 0.3) is 0 Å². The van der Waals surface area contributed by atoms with E-state index in [1.165, 1.54) is 33.6 Å². The summed E-state index contributed by atoms with van der Waals surface area (Å²) in [6, 6.07) is 10.1. The number of aromatic nitrogens is 1. The second kappa shape index (κ2) is 8.89. The van der Waals surface area contributed by atoms with Gasteiger partial charge in [-0.1, -0.05) is 23.8 Å². The molecule has 1 N–H and O–H groups in total. The lowest BCUT2D eigenvalue weighted by molar-refractivity contribution is 0.311. The molecule has 1 heterocycles. The molecule has 0 aliphatic carbocycles. The largest absolute Gasteiger partial charge is 0.492 e. The van der Waals surface area contributed by atoms with Crippen LogP contribution in [-0.4, -0.2) is 24.9 Å². The van der Waals surface area contributed by atoms with E-state index in [0.717, 1.165) is 16.4 Å². The fourth-order valence-corrected chi connectivity index (χ4v) is 3.95. The number of benzene rings is 2. The fraction of sp³-hybridized carbons (Fsp3) is 0.273. The molecule has 2 aromatic carbocycles. The SMILES string of the molecule is CCOc1cccc(/C=N\Nc2nc(-c3c(C)cc(C)cc3C)cs2)c1OC. The number of hydrogen-bond donors (Lipinski definition) is 1. The van der Waals surface area contributed by atoms with Crippen LogP contribution in [0, 0.1) is 20.8 Å². The Morgan fingerprint density at radius 3 is 2.61 bits per heavy atom. The average molecular weight is 396 g/mol. The Labute approximate surface area is 170 Å². The van der Waals surface area contributed by atoms with Crippen molar-refractivity contribution >= 4 is 22.7 Å². The molecule has 0 saturated heterocycles. The van der Waals surface area contributed by atoms with Crippen molar-refractivity contribution in [2.45, 2.75) is 27.7 Å². The zero-order valence-electron chi connectivity index (χ0n) is 16.9. The molecule has 0 fully saturated rings. The van der Waals surface area contributed by atoms with Crippen LogP contribution in [0.15, 0.2) is 40.8 Å². The molecule has 0 aliphatic rings. The summed E-state index contributed by atoms with van der Waals surface area (Å²) in [5, 5.41) is 7.12. The van der Waals surface area contributed by atoms with Gasteiger partial charge in [0.1, 0.15) is 0 Å². The molecule has 0 bridgehead atoms. The van der Waals surface area contributed by atoms with E-state index in [2.05, 4.69) is 48.8 Å². The van der Waals surface area contributed by atoms with Crippen LogP contribution < -0.4 is 14.9 Å². The molecule has 6 heteroatoms. The maximum atomic E-state index is 5.60. The van der Waals surface area contributed by atoms with Gasteiger partial charge in [-0.15, -0.1) is 11.3 Å². The second-order valence-corrected chi connectivity index (χ2v) is 7.35. The molecule has 28 heavy (non-hydrogen) atoms. The number of hydrogen-bond acceptors (Lipinski definition) is 6. The Bertz CT molecular complexity index is 972. The van der Waals surface area contributed by atoms with E-state index in [9.17, 15) is 0 Å². The molecule has 3 rings (SSSR count). The van der Waals surface area contributed by atoms with Gasteiger partial charge in [0.2, 0.25) is 5.13 Å². The molecular formula is C22H25N3O2S. The van der Waals surface area contributed by atoms with Crippen LogP contribution in [0.5, 0.6) is 11.5 Å². The van der Waals surface area contributed by atoms with Gasteiger partial charge in [-0.3, -0.25) is 5.43 Å². The van der Waals surface area contributed by atoms with Crippen molar-refractivity contribution in [1.29, 1.82) is 0 Å². The third kappa shape index (κ3) is 4.34. The third-order valence-corrected chi connectivity index (χ3v) is 5.06. The quantitative estimate of drug-likeness (QED) is 0.419. The summed E-state index contributed by atoms with van der Waals surface area (Å²) in [7, 11) is 1.63. The topological polar surface area (TPSA) is 55.7 Å². The van der Waals surface area contributed by atoms with E-state index in [4.69, 9.17) is 14.5 Å². The Morgan fingerprint density at radius 2 is 1.93 bits per heavy atom. The highest BCUT2D eigenvalue weighted by Crippen LogP contribution is 2.32. The van der Waals surface area contributed by atoms with Gasteiger partial charge in [0.05, 0.1) is 25.6 Å². The van der Waals surface area contributed by atoms with Gasteiger partial charge < -0.3 is 9.47 Å². The van der Waals surface area contributed by atoms with Crippen LogP contribution in [0.1, 0.15) is 29.2 Å². The lowest BCUT2D eigenvalue weighted by atomic mass is 9.98. The lowest BCUT2D eigenvalue weighted by Crippen LogP contribution is -1.99. The Hall–Kier alpha value is -2.86. The minimum atomic E-state index is 0.578. The van der Waals surface area contributed by atoms with Crippen LogP contribution in [0.2, 0.25) is 0 Å². The number of thiazole rings is 1. The van der Waals surface area contributed by atoms with Gasteiger partial charge in [-0.25, -0.2) is 4.98 Å². The van der Waals surface area contributed by atoms with E-state index in [1.807, 2.05) is 25.1 Å². The summed E-state index contributed by atoms with van der Waals surface area (Å²) in [6.45, 7) is 8.88. The molecule has 0 atom stereocenters. The van der Waals surface area contributed by atoms with Crippen molar-refractivity contribution in [3.8, 4) is 22.8 Å². The van der Waals surface area contributed by atoms with Crippen molar-refractivity contribution in [2.24, 2.45) is 5.10 Å². The summed E-state index contributed by atoms with van der Waals surface area (Å²) in [4.78, 5) is 4.69. The molecule has 1 aromatic heterocycles. The van der Waals surface area contributed by atoms with Crippen molar-refractivity contribution in [3.05, 3.63) is 58.0 Å². The molecule has 0 spiro atoms. The maximum absolute atomic E-state index is 5.60. The Balaban J connectivity index is 1.78. The summed E-state index contributed by atoms with van der Waals surface area (Å²) in [5.74, 6) is 1.37. The predicted molar refractivity (Wildman–Crippen MR) is 117 cm³/mol. The smallest absolute Gasteiger partial charge is 0.203 e. The summed E-state index contributed by atoms with van der Waals surface area (Å²) in [6.07, 6.45) is 1.71. The van der Waals surface area contributed by atoms with Crippen LogP contribution in [0.4, 0.5) is 5.13 Å². The normalized spacial score (nSPS) is 11.0. The van der Waals surface area contributed by atoms with Crippen molar-refractivity contribution in [3.63, 3.8) is 0 Å². The molecule has 3 aromatic rings. The van der Waals surface area contributed by atoms with Gasteiger partial charge in [0, 0.05) is 16.5 Å². The first-order valence-electron chi connectivity index (χ1n) is 9.16. The number of hydrazone groups is 1. The monoisotopic (exact) mass is 395 g/mol. The summed E-state index contributed by atoms with van der Waals surface area (Å²) < 4.78 is 11.1. The van der Waals surface area contributed by atoms with E-state index in [0.29, 0.717) is 18.1 Å². The number of aryl methyl sites for hydroxylation is 3.